The van der Waals surface area contributed by atoms with E-state index in [4.69, 9.17) is 11.6 Å². The van der Waals surface area contributed by atoms with Gasteiger partial charge in [-0.15, -0.1) is 10.2 Å². The average Bonchev–Trinajstić information content (AvgIpc) is 2.48. The first-order chi connectivity index (χ1) is 9.74. The molecule has 0 aliphatic rings. The molecule has 3 aromatic carbocycles. The summed E-state index contributed by atoms with van der Waals surface area (Å²) in [7, 11) is 0. The molecular formula is C16H11ClN2O. The zero-order valence-corrected chi connectivity index (χ0v) is 11.2. The summed E-state index contributed by atoms with van der Waals surface area (Å²) in [5, 5.41) is 20.6. The van der Waals surface area contributed by atoms with Crippen LogP contribution in [0.2, 0.25) is 5.02 Å². The van der Waals surface area contributed by atoms with Gasteiger partial charge in [0.05, 0.1) is 5.69 Å². The number of phenols is 1. The first-order valence-electron chi connectivity index (χ1n) is 6.12. The summed E-state index contributed by atoms with van der Waals surface area (Å²) in [6, 6.07) is 18.4. The highest BCUT2D eigenvalue weighted by Crippen LogP contribution is 2.32. The van der Waals surface area contributed by atoms with Crippen molar-refractivity contribution in [2.75, 3.05) is 0 Å². The van der Waals surface area contributed by atoms with E-state index < -0.39 is 0 Å². The van der Waals surface area contributed by atoms with Crippen molar-refractivity contribution in [2.24, 2.45) is 10.2 Å². The Morgan fingerprint density at radius 3 is 2.45 bits per heavy atom. The third-order valence-corrected chi connectivity index (χ3v) is 3.20. The first-order valence-corrected chi connectivity index (χ1v) is 6.50. The van der Waals surface area contributed by atoms with Crippen LogP contribution in [0.4, 0.5) is 11.4 Å². The number of nitrogens with zero attached hydrogens (tertiary/aromatic N) is 2. The van der Waals surface area contributed by atoms with Crippen molar-refractivity contribution in [1.29, 1.82) is 0 Å². The van der Waals surface area contributed by atoms with Crippen molar-refractivity contribution in [3.63, 3.8) is 0 Å². The highest BCUT2D eigenvalue weighted by Gasteiger charge is 2.02. The fourth-order valence-corrected chi connectivity index (χ4v) is 2.15. The molecule has 3 nitrogen and oxygen atoms in total. The monoisotopic (exact) mass is 282 g/mol. The summed E-state index contributed by atoms with van der Waals surface area (Å²) in [5.41, 5.74) is 1.10. The van der Waals surface area contributed by atoms with Gasteiger partial charge in [-0.25, -0.2) is 0 Å². The smallest absolute Gasteiger partial charge is 0.143 e. The Labute approximate surface area is 121 Å². The number of phenolic OH excluding ortho intramolecular Hbond substituents is 1. The van der Waals surface area contributed by atoms with Gasteiger partial charge in [0.25, 0.3) is 0 Å². The molecule has 0 spiro atoms. The number of benzene rings is 3. The molecule has 0 amide bonds. The number of hydrogen-bond acceptors (Lipinski definition) is 3. The highest BCUT2D eigenvalue weighted by atomic mass is 35.5. The molecule has 20 heavy (non-hydrogen) atoms. The fraction of sp³-hybridized carbons (Fsp3) is 0. The maximum atomic E-state index is 9.71. The fourth-order valence-electron chi connectivity index (χ4n) is 1.98. The minimum absolute atomic E-state index is 0.0541. The van der Waals surface area contributed by atoms with E-state index in [1.165, 1.54) is 6.07 Å². The second-order valence-electron chi connectivity index (χ2n) is 4.33. The summed E-state index contributed by atoms with van der Waals surface area (Å²) in [6.45, 7) is 0. The molecule has 98 valence electrons. The minimum atomic E-state index is 0.0541. The van der Waals surface area contributed by atoms with Gasteiger partial charge >= 0.3 is 0 Å². The minimum Gasteiger partial charge on any atom is -0.506 e. The van der Waals surface area contributed by atoms with Gasteiger partial charge in [0.15, 0.2) is 0 Å². The Bertz CT molecular complexity index is 794. The summed E-state index contributed by atoms with van der Waals surface area (Å²) in [5.74, 6) is 0.0541. The maximum Gasteiger partial charge on any atom is 0.143 e. The van der Waals surface area contributed by atoms with E-state index >= 15 is 0 Å². The largest absolute Gasteiger partial charge is 0.506 e. The first kappa shape index (κ1) is 12.6. The van der Waals surface area contributed by atoms with Crippen molar-refractivity contribution < 1.29 is 5.11 Å². The molecule has 0 saturated carbocycles. The number of hydrogen-bond donors (Lipinski definition) is 1. The van der Waals surface area contributed by atoms with E-state index in [9.17, 15) is 5.11 Å². The van der Waals surface area contributed by atoms with Gasteiger partial charge in [-0.05, 0) is 29.7 Å². The van der Waals surface area contributed by atoms with E-state index in [0.29, 0.717) is 10.7 Å². The van der Waals surface area contributed by atoms with Gasteiger partial charge in [0.1, 0.15) is 11.4 Å². The highest BCUT2D eigenvalue weighted by molar-refractivity contribution is 6.30. The molecule has 3 aromatic rings. The second-order valence-corrected chi connectivity index (χ2v) is 4.77. The topological polar surface area (TPSA) is 45.0 Å². The lowest BCUT2D eigenvalue weighted by molar-refractivity contribution is 0.476. The van der Waals surface area contributed by atoms with Crippen LogP contribution in [0.3, 0.4) is 0 Å². The Balaban J connectivity index is 2.05. The Kier molecular flexibility index (Phi) is 3.35. The van der Waals surface area contributed by atoms with E-state index in [2.05, 4.69) is 10.2 Å². The van der Waals surface area contributed by atoms with E-state index in [0.717, 1.165) is 16.5 Å². The summed E-state index contributed by atoms with van der Waals surface area (Å²) < 4.78 is 0. The van der Waals surface area contributed by atoms with Crippen LogP contribution in [0.25, 0.3) is 10.8 Å². The van der Waals surface area contributed by atoms with Crippen molar-refractivity contribution in [3.8, 4) is 5.75 Å². The normalized spacial score (nSPS) is 11.2. The molecular weight excluding hydrogens is 272 g/mol. The summed E-state index contributed by atoms with van der Waals surface area (Å²) in [4.78, 5) is 0. The Hall–Kier alpha value is -2.39. The molecule has 0 fully saturated rings. The van der Waals surface area contributed by atoms with Gasteiger partial charge in [-0.2, -0.15) is 0 Å². The van der Waals surface area contributed by atoms with E-state index in [1.807, 2.05) is 42.5 Å². The van der Waals surface area contributed by atoms with Crippen molar-refractivity contribution >= 4 is 33.7 Å². The van der Waals surface area contributed by atoms with Crippen molar-refractivity contribution in [1.82, 2.24) is 0 Å². The predicted octanol–water partition coefficient (Wildman–Crippen LogP) is 5.61. The third-order valence-electron chi connectivity index (χ3n) is 2.97. The molecule has 0 saturated heterocycles. The molecule has 3 rings (SSSR count). The molecule has 0 aliphatic heterocycles. The lowest BCUT2D eigenvalue weighted by Crippen LogP contribution is -1.73. The van der Waals surface area contributed by atoms with Crippen LogP contribution in [0.1, 0.15) is 0 Å². The zero-order chi connectivity index (χ0) is 13.9. The molecule has 0 aromatic heterocycles. The molecule has 0 heterocycles. The number of rotatable bonds is 2. The quantitative estimate of drug-likeness (QED) is 0.610. The third kappa shape index (κ3) is 2.49. The lowest BCUT2D eigenvalue weighted by Gasteiger charge is -2.01. The van der Waals surface area contributed by atoms with Gasteiger partial charge in [-0.1, -0.05) is 48.0 Å². The van der Waals surface area contributed by atoms with Crippen molar-refractivity contribution in [3.05, 3.63) is 65.7 Å². The SMILES string of the molecule is Oc1ccc(Cl)cc1N=Nc1cccc2ccccc12. The van der Waals surface area contributed by atoms with Crippen LogP contribution in [-0.2, 0) is 0 Å². The van der Waals surface area contributed by atoms with Gasteiger partial charge in [-0.3, -0.25) is 0 Å². The van der Waals surface area contributed by atoms with E-state index in [1.54, 1.807) is 12.1 Å². The summed E-state index contributed by atoms with van der Waals surface area (Å²) in [6.07, 6.45) is 0. The van der Waals surface area contributed by atoms with Crippen LogP contribution in [0.5, 0.6) is 5.75 Å². The number of halogens is 1. The molecule has 4 heteroatoms. The van der Waals surface area contributed by atoms with Crippen LogP contribution >= 0.6 is 11.6 Å². The molecule has 0 unspecified atom stereocenters. The second kappa shape index (κ2) is 5.31. The molecule has 1 N–H and O–H groups in total. The molecule has 0 aliphatic carbocycles. The van der Waals surface area contributed by atoms with Crippen LogP contribution in [0.15, 0.2) is 70.9 Å². The van der Waals surface area contributed by atoms with E-state index in [-0.39, 0.29) is 5.75 Å². The number of azo groups is 1. The Morgan fingerprint density at radius 1 is 0.800 bits per heavy atom. The predicted molar refractivity (Wildman–Crippen MR) is 81.2 cm³/mol. The molecule has 0 atom stereocenters. The number of aromatic hydroxyl groups is 1. The molecule has 0 bridgehead atoms. The zero-order valence-electron chi connectivity index (χ0n) is 10.5. The van der Waals surface area contributed by atoms with Gasteiger partial charge in [0.2, 0.25) is 0 Å². The van der Waals surface area contributed by atoms with Crippen LogP contribution in [-0.4, -0.2) is 5.11 Å². The standard InChI is InChI=1S/C16H11ClN2O/c17-12-8-9-16(20)15(10-12)19-18-14-7-3-5-11-4-1-2-6-13(11)14/h1-10,20H. The average molecular weight is 283 g/mol. The van der Waals surface area contributed by atoms with Crippen LogP contribution in [0, 0.1) is 0 Å². The molecule has 0 radical (unpaired) electrons. The summed E-state index contributed by atoms with van der Waals surface area (Å²) >= 11 is 5.88. The van der Waals surface area contributed by atoms with Gasteiger partial charge < -0.3 is 5.11 Å². The van der Waals surface area contributed by atoms with Crippen molar-refractivity contribution in [2.45, 2.75) is 0 Å². The Morgan fingerprint density at radius 2 is 1.55 bits per heavy atom. The lowest BCUT2D eigenvalue weighted by atomic mass is 10.1. The number of fused-ring (bicyclic) bond motifs is 1. The van der Waals surface area contributed by atoms with Gasteiger partial charge in [0, 0.05) is 10.4 Å². The van der Waals surface area contributed by atoms with Crippen LogP contribution < -0.4 is 0 Å². The maximum absolute atomic E-state index is 9.71.